The number of H-pyrrole nitrogens is 1. The third-order valence-corrected chi connectivity index (χ3v) is 3.30. The average molecular weight is 213 g/mol. The highest BCUT2D eigenvalue weighted by Crippen LogP contribution is 2.14. The molecule has 14 heavy (non-hydrogen) atoms. The highest BCUT2D eigenvalue weighted by molar-refractivity contribution is 7.99. The van der Waals surface area contributed by atoms with Crippen molar-refractivity contribution in [2.24, 2.45) is 0 Å². The number of thioether (sulfide) groups is 1. The summed E-state index contributed by atoms with van der Waals surface area (Å²) in [7, 11) is 2.04. The van der Waals surface area contributed by atoms with E-state index in [1.807, 2.05) is 13.2 Å². The number of hydrogen-bond acceptors (Lipinski definition) is 3. The Kier molecular flexibility index (Phi) is 5.71. The van der Waals surface area contributed by atoms with Gasteiger partial charge in [-0.3, -0.25) is 0 Å². The van der Waals surface area contributed by atoms with E-state index in [2.05, 4.69) is 22.2 Å². The van der Waals surface area contributed by atoms with Gasteiger partial charge in [-0.15, -0.1) is 0 Å². The monoisotopic (exact) mass is 213 g/mol. The van der Waals surface area contributed by atoms with Crippen LogP contribution in [0.4, 0.5) is 0 Å². The number of nitrogens with one attached hydrogen (secondary N) is 2. The summed E-state index contributed by atoms with van der Waals surface area (Å²) >= 11 is 1.80. The van der Waals surface area contributed by atoms with Crippen LogP contribution < -0.4 is 5.32 Å². The fourth-order valence-corrected chi connectivity index (χ4v) is 2.17. The van der Waals surface area contributed by atoms with Gasteiger partial charge in [0.1, 0.15) is 0 Å². The summed E-state index contributed by atoms with van der Waals surface area (Å²) in [5, 5.41) is 4.34. The molecule has 0 amide bonds. The lowest BCUT2D eigenvalue weighted by Gasteiger charge is -2.12. The molecule has 1 atom stereocenters. The minimum atomic E-state index is 0.673. The van der Waals surface area contributed by atoms with Crippen LogP contribution in [0, 0.1) is 0 Å². The number of nitrogens with zero attached hydrogens (tertiary/aromatic N) is 1. The Morgan fingerprint density at radius 2 is 2.50 bits per heavy atom. The normalized spacial score (nSPS) is 13.0. The van der Waals surface area contributed by atoms with E-state index in [1.165, 1.54) is 19.3 Å². The quantitative estimate of drug-likeness (QED) is 0.539. The lowest BCUT2D eigenvalue weighted by Crippen LogP contribution is -2.23. The van der Waals surface area contributed by atoms with Crippen molar-refractivity contribution in [2.75, 3.05) is 12.8 Å². The van der Waals surface area contributed by atoms with Crippen LogP contribution in [0.1, 0.15) is 26.2 Å². The molecule has 2 N–H and O–H groups in total. The predicted molar refractivity (Wildman–Crippen MR) is 61.7 cm³/mol. The van der Waals surface area contributed by atoms with E-state index in [4.69, 9.17) is 0 Å². The third-order valence-electron chi connectivity index (χ3n) is 2.31. The number of aromatic nitrogens is 2. The van der Waals surface area contributed by atoms with Crippen molar-refractivity contribution in [3.05, 3.63) is 12.4 Å². The molecule has 0 saturated heterocycles. The Morgan fingerprint density at radius 3 is 3.07 bits per heavy atom. The van der Waals surface area contributed by atoms with Crippen LogP contribution in [0.2, 0.25) is 0 Å². The Hall–Kier alpha value is -0.480. The van der Waals surface area contributed by atoms with Crippen LogP contribution in [-0.4, -0.2) is 28.8 Å². The van der Waals surface area contributed by atoms with E-state index in [0.29, 0.717) is 6.04 Å². The second kappa shape index (κ2) is 6.90. The number of rotatable bonds is 7. The van der Waals surface area contributed by atoms with Gasteiger partial charge in [-0.25, -0.2) is 4.98 Å². The molecular formula is C10H19N3S. The van der Waals surface area contributed by atoms with E-state index in [9.17, 15) is 0 Å². The van der Waals surface area contributed by atoms with E-state index in [-0.39, 0.29) is 0 Å². The second-order valence-corrected chi connectivity index (χ2v) is 4.36. The molecule has 0 saturated carbocycles. The molecule has 3 nitrogen and oxygen atoms in total. The van der Waals surface area contributed by atoms with Crippen LogP contribution in [0.15, 0.2) is 17.6 Å². The predicted octanol–water partition coefficient (Wildman–Crippen LogP) is 2.28. The molecule has 0 aliphatic heterocycles. The fraction of sp³-hybridized carbons (Fsp3) is 0.700. The molecule has 4 heteroatoms. The Morgan fingerprint density at radius 1 is 1.64 bits per heavy atom. The van der Waals surface area contributed by atoms with Crippen LogP contribution >= 0.6 is 11.8 Å². The lowest BCUT2D eigenvalue weighted by atomic mass is 10.1. The summed E-state index contributed by atoms with van der Waals surface area (Å²) in [6.07, 6.45) is 7.36. The van der Waals surface area contributed by atoms with Crippen LogP contribution in [-0.2, 0) is 0 Å². The molecule has 80 valence electrons. The zero-order valence-corrected chi connectivity index (χ0v) is 9.73. The Labute approximate surface area is 90.1 Å². The van der Waals surface area contributed by atoms with Gasteiger partial charge in [-0.1, -0.05) is 18.7 Å². The molecule has 1 aromatic rings. The van der Waals surface area contributed by atoms with Crippen LogP contribution in [0.5, 0.6) is 0 Å². The molecule has 1 rings (SSSR count). The van der Waals surface area contributed by atoms with Crippen molar-refractivity contribution in [2.45, 2.75) is 37.4 Å². The molecule has 0 radical (unpaired) electrons. The molecule has 0 spiro atoms. The van der Waals surface area contributed by atoms with Crippen molar-refractivity contribution in [1.29, 1.82) is 0 Å². The molecule has 0 bridgehead atoms. The van der Waals surface area contributed by atoms with Crippen LogP contribution in [0.3, 0.4) is 0 Å². The summed E-state index contributed by atoms with van der Waals surface area (Å²) in [4.78, 5) is 7.25. The topological polar surface area (TPSA) is 40.7 Å². The summed E-state index contributed by atoms with van der Waals surface area (Å²) in [6, 6.07) is 0.673. The van der Waals surface area contributed by atoms with E-state index in [1.54, 1.807) is 18.0 Å². The first-order valence-corrected chi connectivity index (χ1v) is 6.14. The molecule has 0 aliphatic carbocycles. The smallest absolute Gasteiger partial charge is 0.165 e. The highest BCUT2D eigenvalue weighted by Gasteiger charge is 2.02. The van der Waals surface area contributed by atoms with Gasteiger partial charge in [-0.2, -0.15) is 0 Å². The molecule has 1 heterocycles. The standard InChI is InChI=1S/C10H19N3S/c1-3-9(11-2)5-4-8-14-10-12-6-7-13-10/h6-7,9,11H,3-5,8H2,1-2H3,(H,12,13). The molecule has 1 unspecified atom stereocenters. The number of hydrogen-bond donors (Lipinski definition) is 2. The first-order valence-electron chi connectivity index (χ1n) is 5.16. The molecule has 1 aromatic heterocycles. The SMILES string of the molecule is CCC(CCCSc1ncc[nH]1)NC. The lowest BCUT2D eigenvalue weighted by molar-refractivity contribution is 0.504. The first-order chi connectivity index (χ1) is 6.86. The van der Waals surface area contributed by atoms with Crippen molar-refractivity contribution in [1.82, 2.24) is 15.3 Å². The third kappa shape index (κ3) is 4.15. The van der Waals surface area contributed by atoms with E-state index >= 15 is 0 Å². The molecule has 0 fully saturated rings. The fourth-order valence-electron chi connectivity index (χ4n) is 1.38. The van der Waals surface area contributed by atoms with Gasteiger partial charge >= 0.3 is 0 Å². The second-order valence-electron chi connectivity index (χ2n) is 3.28. The maximum absolute atomic E-state index is 4.17. The first kappa shape index (κ1) is 11.6. The zero-order valence-electron chi connectivity index (χ0n) is 8.92. The average Bonchev–Trinajstić information content (AvgIpc) is 2.71. The van der Waals surface area contributed by atoms with E-state index < -0.39 is 0 Å². The van der Waals surface area contributed by atoms with Crippen LogP contribution in [0.25, 0.3) is 0 Å². The van der Waals surface area contributed by atoms with Gasteiger partial charge in [-0.05, 0) is 26.3 Å². The van der Waals surface area contributed by atoms with Gasteiger partial charge in [0.15, 0.2) is 5.16 Å². The highest BCUT2D eigenvalue weighted by atomic mass is 32.2. The minimum absolute atomic E-state index is 0.673. The summed E-state index contributed by atoms with van der Waals surface area (Å²) in [5.74, 6) is 1.14. The zero-order chi connectivity index (χ0) is 10.2. The van der Waals surface area contributed by atoms with Gasteiger partial charge in [0, 0.05) is 24.2 Å². The number of aromatic amines is 1. The Balaban J connectivity index is 2.04. The maximum Gasteiger partial charge on any atom is 0.165 e. The minimum Gasteiger partial charge on any atom is -0.340 e. The molecule has 0 aliphatic rings. The van der Waals surface area contributed by atoms with Gasteiger partial charge in [0.2, 0.25) is 0 Å². The van der Waals surface area contributed by atoms with Crippen molar-refractivity contribution >= 4 is 11.8 Å². The molecular weight excluding hydrogens is 194 g/mol. The van der Waals surface area contributed by atoms with Crippen molar-refractivity contribution < 1.29 is 0 Å². The van der Waals surface area contributed by atoms with Gasteiger partial charge in [0.25, 0.3) is 0 Å². The van der Waals surface area contributed by atoms with Crippen molar-refractivity contribution in [3.63, 3.8) is 0 Å². The molecule has 0 aromatic carbocycles. The Bertz CT molecular complexity index is 219. The summed E-state index contributed by atoms with van der Waals surface area (Å²) < 4.78 is 0. The summed E-state index contributed by atoms with van der Waals surface area (Å²) in [5.41, 5.74) is 0. The van der Waals surface area contributed by atoms with E-state index in [0.717, 1.165) is 10.9 Å². The summed E-state index contributed by atoms with van der Waals surface area (Å²) in [6.45, 7) is 2.22. The number of imidazole rings is 1. The van der Waals surface area contributed by atoms with Crippen molar-refractivity contribution in [3.8, 4) is 0 Å². The maximum atomic E-state index is 4.17. The largest absolute Gasteiger partial charge is 0.340 e. The van der Waals surface area contributed by atoms with Gasteiger partial charge < -0.3 is 10.3 Å². The van der Waals surface area contributed by atoms with Gasteiger partial charge in [0.05, 0.1) is 0 Å².